The number of rotatable bonds is 6. The van der Waals surface area contributed by atoms with Crippen molar-refractivity contribution < 1.29 is 8.78 Å². The summed E-state index contributed by atoms with van der Waals surface area (Å²) in [5.74, 6) is -1.15. The molecular formula is C15H18ClF2N3. The molecule has 6 heteroatoms. The first kappa shape index (κ1) is 15.9. The van der Waals surface area contributed by atoms with E-state index < -0.39 is 11.6 Å². The van der Waals surface area contributed by atoms with Crippen LogP contribution >= 0.6 is 11.6 Å². The molecule has 0 bridgehead atoms. The first-order chi connectivity index (χ1) is 10.0. The van der Waals surface area contributed by atoms with E-state index in [9.17, 15) is 8.78 Å². The van der Waals surface area contributed by atoms with Crippen LogP contribution in [0.2, 0.25) is 5.02 Å². The number of hydrogen-bond acceptors (Lipinski definition) is 2. The fourth-order valence-corrected chi connectivity index (χ4v) is 2.66. The summed E-state index contributed by atoms with van der Waals surface area (Å²) < 4.78 is 28.3. The zero-order valence-corrected chi connectivity index (χ0v) is 12.8. The van der Waals surface area contributed by atoms with Gasteiger partial charge in [0.25, 0.3) is 0 Å². The van der Waals surface area contributed by atoms with Gasteiger partial charge in [0.05, 0.1) is 23.0 Å². The molecule has 1 aromatic carbocycles. The minimum atomic E-state index is -0.574. The molecule has 0 amide bonds. The maximum absolute atomic E-state index is 13.3. The Hall–Kier alpha value is -1.46. The van der Waals surface area contributed by atoms with Crippen molar-refractivity contribution in [2.24, 2.45) is 7.05 Å². The Morgan fingerprint density at radius 3 is 2.48 bits per heavy atom. The Kier molecular flexibility index (Phi) is 5.31. The van der Waals surface area contributed by atoms with E-state index >= 15 is 0 Å². The molecule has 114 valence electrons. The van der Waals surface area contributed by atoms with Crippen LogP contribution < -0.4 is 5.32 Å². The molecule has 0 saturated heterocycles. The molecule has 0 radical (unpaired) electrons. The van der Waals surface area contributed by atoms with Crippen LogP contribution in [0.1, 0.15) is 30.6 Å². The van der Waals surface area contributed by atoms with Gasteiger partial charge in [-0.1, -0.05) is 18.5 Å². The van der Waals surface area contributed by atoms with Gasteiger partial charge in [-0.05, 0) is 37.1 Å². The molecule has 0 saturated carbocycles. The average molecular weight is 314 g/mol. The van der Waals surface area contributed by atoms with E-state index in [1.807, 2.05) is 0 Å². The predicted molar refractivity (Wildman–Crippen MR) is 79.3 cm³/mol. The highest BCUT2D eigenvalue weighted by Crippen LogP contribution is 2.25. The van der Waals surface area contributed by atoms with Crippen molar-refractivity contribution in [3.63, 3.8) is 0 Å². The van der Waals surface area contributed by atoms with Gasteiger partial charge in [0.1, 0.15) is 11.6 Å². The van der Waals surface area contributed by atoms with Gasteiger partial charge < -0.3 is 5.32 Å². The van der Waals surface area contributed by atoms with Crippen molar-refractivity contribution in [2.45, 2.75) is 25.8 Å². The Morgan fingerprint density at radius 1 is 1.29 bits per heavy atom. The highest BCUT2D eigenvalue weighted by atomic mass is 35.5. The van der Waals surface area contributed by atoms with E-state index in [1.54, 1.807) is 17.9 Å². The molecule has 1 atom stereocenters. The van der Waals surface area contributed by atoms with Crippen molar-refractivity contribution in [3.8, 4) is 0 Å². The molecule has 0 aliphatic carbocycles. The number of nitrogens with zero attached hydrogens (tertiary/aromatic N) is 2. The minimum Gasteiger partial charge on any atom is -0.308 e. The highest BCUT2D eigenvalue weighted by Gasteiger charge is 2.19. The lowest BCUT2D eigenvalue weighted by molar-refractivity contribution is 0.490. The lowest BCUT2D eigenvalue weighted by Gasteiger charge is -2.19. The van der Waals surface area contributed by atoms with Gasteiger partial charge in [-0.25, -0.2) is 8.78 Å². The molecule has 2 aromatic rings. The number of halogens is 3. The zero-order valence-electron chi connectivity index (χ0n) is 12.0. The van der Waals surface area contributed by atoms with Crippen molar-refractivity contribution >= 4 is 11.6 Å². The van der Waals surface area contributed by atoms with Crippen LogP contribution in [-0.2, 0) is 13.5 Å². The number of benzene rings is 1. The third kappa shape index (κ3) is 4.02. The average Bonchev–Trinajstić information content (AvgIpc) is 2.73. The predicted octanol–water partition coefficient (Wildman–Crippen LogP) is 3.64. The van der Waals surface area contributed by atoms with Crippen molar-refractivity contribution in [1.29, 1.82) is 0 Å². The second kappa shape index (κ2) is 7.00. The van der Waals surface area contributed by atoms with Crippen LogP contribution in [0.5, 0.6) is 0 Å². The third-order valence-electron chi connectivity index (χ3n) is 3.27. The standard InChI is InChI=1S/C15H18ClF2N3/c1-3-4-19-14(15-13(16)9-20-21(15)2)7-10-5-11(17)8-12(18)6-10/h5-6,8-9,14,19H,3-4,7H2,1-2H3. The monoisotopic (exact) mass is 313 g/mol. The molecule has 0 spiro atoms. The smallest absolute Gasteiger partial charge is 0.126 e. The second-order valence-electron chi connectivity index (χ2n) is 4.99. The van der Waals surface area contributed by atoms with Gasteiger partial charge in [0.15, 0.2) is 0 Å². The third-order valence-corrected chi connectivity index (χ3v) is 3.56. The summed E-state index contributed by atoms with van der Waals surface area (Å²) in [4.78, 5) is 0. The van der Waals surface area contributed by atoms with Gasteiger partial charge in [-0.2, -0.15) is 5.10 Å². The van der Waals surface area contributed by atoms with Crippen molar-refractivity contribution in [1.82, 2.24) is 15.1 Å². The van der Waals surface area contributed by atoms with E-state index in [2.05, 4.69) is 17.3 Å². The quantitative estimate of drug-likeness (QED) is 0.882. The minimum absolute atomic E-state index is 0.147. The van der Waals surface area contributed by atoms with Crippen LogP contribution in [0.15, 0.2) is 24.4 Å². The van der Waals surface area contributed by atoms with E-state index in [-0.39, 0.29) is 6.04 Å². The summed E-state index contributed by atoms with van der Waals surface area (Å²) in [6.45, 7) is 2.83. The zero-order chi connectivity index (χ0) is 15.4. The molecule has 0 aliphatic heterocycles. The number of nitrogens with one attached hydrogen (secondary N) is 1. The second-order valence-corrected chi connectivity index (χ2v) is 5.40. The molecule has 21 heavy (non-hydrogen) atoms. The molecule has 1 N–H and O–H groups in total. The maximum atomic E-state index is 13.3. The van der Waals surface area contributed by atoms with Gasteiger partial charge in [0, 0.05) is 13.1 Å². The first-order valence-electron chi connectivity index (χ1n) is 6.87. The van der Waals surface area contributed by atoms with Crippen LogP contribution in [0.3, 0.4) is 0 Å². The van der Waals surface area contributed by atoms with Gasteiger partial charge >= 0.3 is 0 Å². The molecule has 1 heterocycles. The molecular weight excluding hydrogens is 296 g/mol. The van der Waals surface area contributed by atoms with Gasteiger partial charge in [0.2, 0.25) is 0 Å². The molecule has 1 aromatic heterocycles. The topological polar surface area (TPSA) is 29.9 Å². The summed E-state index contributed by atoms with van der Waals surface area (Å²) >= 11 is 6.18. The number of aryl methyl sites for hydroxylation is 1. The fraction of sp³-hybridized carbons (Fsp3) is 0.400. The lowest BCUT2D eigenvalue weighted by atomic mass is 10.0. The molecule has 0 fully saturated rings. The van der Waals surface area contributed by atoms with E-state index in [4.69, 9.17) is 11.6 Å². The van der Waals surface area contributed by atoms with Crippen LogP contribution in [0.25, 0.3) is 0 Å². The summed E-state index contributed by atoms with van der Waals surface area (Å²) in [5.41, 5.74) is 1.40. The Morgan fingerprint density at radius 2 is 1.95 bits per heavy atom. The van der Waals surface area contributed by atoms with Crippen LogP contribution in [-0.4, -0.2) is 16.3 Å². The molecule has 0 aliphatic rings. The molecule has 2 rings (SSSR count). The normalized spacial score (nSPS) is 12.6. The largest absolute Gasteiger partial charge is 0.308 e. The number of aromatic nitrogens is 2. The lowest BCUT2D eigenvalue weighted by Crippen LogP contribution is -2.26. The van der Waals surface area contributed by atoms with Crippen LogP contribution in [0.4, 0.5) is 8.78 Å². The van der Waals surface area contributed by atoms with Gasteiger partial charge in [-0.15, -0.1) is 0 Å². The first-order valence-corrected chi connectivity index (χ1v) is 7.24. The van der Waals surface area contributed by atoms with E-state index in [1.165, 1.54) is 12.1 Å². The van der Waals surface area contributed by atoms with E-state index in [0.29, 0.717) is 17.0 Å². The van der Waals surface area contributed by atoms with Crippen molar-refractivity contribution in [2.75, 3.05) is 6.54 Å². The Labute approximate surface area is 127 Å². The van der Waals surface area contributed by atoms with Gasteiger partial charge in [-0.3, -0.25) is 4.68 Å². The maximum Gasteiger partial charge on any atom is 0.126 e. The fourth-order valence-electron chi connectivity index (χ4n) is 2.36. The summed E-state index contributed by atoms with van der Waals surface area (Å²) in [6, 6.07) is 3.41. The van der Waals surface area contributed by atoms with Crippen molar-refractivity contribution in [3.05, 3.63) is 52.3 Å². The molecule has 3 nitrogen and oxygen atoms in total. The summed E-state index contributed by atoms with van der Waals surface area (Å²) in [5, 5.41) is 8.01. The van der Waals surface area contributed by atoms with E-state index in [0.717, 1.165) is 24.7 Å². The Balaban J connectivity index is 2.28. The van der Waals surface area contributed by atoms with Crippen LogP contribution in [0, 0.1) is 11.6 Å². The summed E-state index contributed by atoms with van der Waals surface area (Å²) in [7, 11) is 1.80. The SMILES string of the molecule is CCCNC(Cc1cc(F)cc(F)c1)c1c(Cl)cnn1C. The molecule has 1 unspecified atom stereocenters. The summed E-state index contributed by atoms with van der Waals surface area (Å²) in [6.07, 6.45) is 2.96. The Bertz CT molecular complexity index is 573. The number of hydrogen-bond donors (Lipinski definition) is 1. The highest BCUT2D eigenvalue weighted by molar-refractivity contribution is 6.31.